The van der Waals surface area contributed by atoms with Crippen molar-refractivity contribution in [3.05, 3.63) is 29.6 Å². The SMILES string of the molecule is Cc1nn(C)cc1CNc1ccc(N)c(OCC(C)C)n1. The smallest absolute Gasteiger partial charge is 0.239 e. The maximum absolute atomic E-state index is 5.88. The topological polar surface area (TPSA) is 78.0 Å². The lowest BCUT2D eigenvalue weighted by molar-refractivity contribution is 0.263. The van der Waals surface area contributed by atoms with Crippen LogP contribution in [0.1, 0.15) is 25.1 Å². The first-order chi connectivity index (χ1) is 9.95. The highest BCUT2D eigenvalue weighted by Crippen LogP contribution is 2.22. The monoisotopic (exact) mass is 289 g/mol. The van der Waals surface area contributed by atoms with E-state index in [1.54, 1.807) is 10.7 Å². The van der Waals surface area contributed by atoms with Gasteiger partial charge in [0.25, 0.3) is 0 Å². The molecule has 2 aromatic heterocycles. The van der Waals surface area contributed by atoms with Gasteiger partial charge in [-0.05, 0) is 25.0 Å². The number of pyridine rings is 1. The molecule has 0 aromatic carbocycles. The van der Waals surface area contributed by atoms with Gasteiger partial charge in [0.15, 0.2) is 0 Å². The Kier molecular flexibility index (Phi) is 4.67. The number of anilines is 2. The molecule has 114 valence electrons. The third-order valence-corrected chi connectivity index (χ3v) is 3.02. The van der Waals surface area contributed by atoms with Gasteiger partial charge in [0, 0.05) is 25.4 Å². The minimum atomic E-state index is 0.431. The molecule has 0 atom stereocenters. The van der Waals surface area contributed by atoms with Crippen LogP contribution in [0.4, 0.5) is 11.5 Å². The molecule has 0 radical (unpaired) electrons. The number of nitrogens with one attached hydrogen (secondary N) is 1. The summed E-state index contributed by atoms with van der Waals surface area (Å²) in [6, 6.07) is 3.66. The second-order valence-electron chi connectivity index (χ2n) is 5.56. The second-order valence-corrected chi connectivity index (χ2v) is 5.56. The van der Waals surface area contributed by atoms with Gasteiger partial charge in [-0.2, -0.15) is 10.1 Å². The van der Waals surface area contributed by atoms with Crippen molar-refractivity contribution in [2.75, 3.05) is 17.7 Å². The zero-order chi connectivity index (χ0) is 15.4. The normalized spacial score (nSPS) is 10.9. The van der Waals surface area contributed by atoms with Crippen molar-refractivity contribution >= 4 is 11.5 Å². The van der Waals surface area contributed by atoms with Crippen LogP contribution in [0, 0.1) is 12.8 Å². The fourth-order valence-electron chi connectivity index (χ4n) is 1.92. The van der Waals surface area contributed by atoms with Gasteiger partial charge in [-0.3, -0.25) is 4.68 Å². The zero-order valence-corrected chi connectivity index (χ0v) is 13.1. The van der Waals surface area contributed by atoms with E-state index in [1.165, 1.54) is 0 Å². The van der Waals surface area contributed by atoms with Crippen molar-refractivity contribution in [1.82, 2.24) is 14.8 Å². The summed E-state index contributed by atoms with van der Waals surface area (Å²) < 4.78 is 7.43. The molecule has 0 amide bonds. The number of aromatic nitrogens is 3. The second kappa shape index (κ2) is 6.47. The van der Waals surface area contributed by atoms with E-state index in [9.17, 15) is 0 Å². The van der Waals surface area contributed by atoms with E-state index < -0.39 is 0 Å². The van der Waals surface area contributed by atoms with Crippen LogP contribution in [0.15, 0.2) is 18.3 Å². The molecule has 0 spiro atoms. The average molecular weight is 289 g/mol. The summed E-state index contributed by atoms with van der Waals surface area (Å²) in [5.74, 6) is 1.66. The van der Waals surface area contributed by atoms with Crippen LogP contribution in [0.2, 0.25) is 0 Å². The van der Waals surface area contributed by atoms with E-state index in [-0.39, 0.29) is 0 Å². The number of hydrogen-bond donors (Lipinski definition) is 2. The van der Waals surface area contributed by atoms with Crippen molar-refractivity contribution in [2.24, 2.45) is 13.0 Å². The number of rotatable bonds is 6. The minimum Gasteiger partial charge on any atom is -0.476 e. The zero-order valence-electron chi connectivity index (χ0n) is 13.1. The van der Waals surface area contributed by atoms with Crippen LogP contribution in [-0.4, -0.2) is 21.4 Å². The predicted molar refractivity (Wildman–Crippen MR) is 84.3 cm³/mol. The molecule has 0 aliphatic heterocycles. The van der Waals surface area contributed by atoms with Crippen LogP contribution in [0.25, 0.3) is 0 Å². The molecule has 3 N–H and O–H groups in total. The third kappa shape index (κ3) is 4.11. The first-order valence-electron chi connectivity index (χ1n) is 7.08. The molecule has 6 heteroatoms. The summed E-state index contributed by atoms with van der Waals surface area (Å²) in [4.78, 5) is 4.41. The van der Waals surface area contributed by atoms with E-state index in [4.69, 9.17) is 10.5 Å². The van der Waals surface area contributed by atoms with Crippen LogP contribution >= 0.6 is 0 Å². The molecular formula is C15H23N5O. The highest BCUT2D eigenvalue weighted by molar-refractivity contribution is 5.53. The summed E-state index contributed by atoms with van der Waals surface area (Å²) in [5, 5.41) is 7.59. The van der Waals surface area contributed by atoms with Crippen molar-refractivity contribution in [3.63, 3.8) is 0 Å². The van der Waals surface area contributed by atoms with Gasteiger partial charge in [0.2, 0.25) is 5.88 Å². The molecule has 0 aliphatic rings. The van der Waals surface area contributed by atoms with Crippen molar-refractivity contribution in [3.8, 4) is 5.88 Å². The van der Waals surface area contributed by atoms with Crippen LogP contribution < -0.4 is 15.8 Å². The molecule has 0 aliphatic carbocycles. The number of nitrogens with two attached hydrogens (primary N) is 1. The lowest BCUT2D eigenvalue weighted by Crippen LogP contribution is -2.09. The molecule has 0 fully saturated rings. The molecule has 2 rings (SSSR count). The standard InChI is InChI=1S/C15H23N5O/c1-10(2)9-21-15-13(16)5-6-14(18-15)17-7-12-8-20(4)19-11(12)3/h5-6,8,10H,7,9,16H2,1-4H3,(H,17,18). The Morgan fingerprint density at radius 2 is 2.14 bits per heavy atom. The lowest BCUT2D eigenvalue weighted by Gasteiger charge is -2.12. The summed E-state index contributed by atoms with van der Waals surface area (Å²) >= 11 is 0. The highest BCUT2D eigenvalue weighted by atomic mass is 16.5. The van der Waals surface area contributed by atoms with E-state index >= 15 is 0 Å². The van der Waals surface area contributed by atoms with Gasteiger partial charge in [-0.15, -0.1) is 0 Å². The Balaban J connectivity index is 2.03. The summed E-state index contributed by atoms with van der Waals surface area (Å²) in [5.41, 5.74) is 8.59. The molecule has 21 heavy (non-hydrogen) atoms. The number of nitrogens with zero attached hydrogens (tertiary/aromatic N) is 3. The minimum absolute atomic E-state index is 0.431. The number of hydrogen-bond acceptors (Lipinski definition) is 5. The molecule has 6 nitrogen and oxygen atoms in total. The van der Waals surface area contributed by atoms with Crippen molar-refractivity contribution in [1.29, 1.82) is 0 Å². The number of aryl methyl sites for hydroxylation is 2. The Labute approximate surface area is 125 Å². The Morgan fingerprint density at radius 1 is 1.38 bits per heavy atom. The van der Waals surface area contributed by atoms with Gasteiger partial charge in [-0.25, -0.2) is 0 Å². The highest BCUT2D eigenvalue weighted by Gasteiger charge is 2.07. The predicted octanol–water partition coefficient (Wildman–Crippen LogP) is 2.35. The van der Waals surface area contributed by atoms with Gasteiger partial charge < -0.3 is 15.8 Å². The summed E-state index contributed by atoms with van der Waals surface area (Å²) in [6.07, 6.45) is 2.00. The lowest BCUT2D eigenvalue weighted by atomic mass is 10.2. The van der Waals surface area contributed by atoms with E-state index in [0.29, 0.717) is 30.6 Å². The molecule has 0 saturated carbocycles. The number of nitrogen functional groups attached to an aromatic ring is 1. The molecule has 2 heterocycles. The molecular weight excluding hydrogens is 266 g/mol. The molecule has 0 saturated heterocycles. The van der Waals surface area contributed by atoms with Gasteiger partial charge in [0.1, 0.15) is 5.82 Å². The van der Waals surface area contributed by atoms with Crippen LogP contribution in [0.5, 0.6) is 5.88 Å². The quantitative estimate of drug-likeness (QED) is 0.853. The fourth-order valence-corrected chi connectivity index (χ4v) is 1.92. The van der Waals surface area contributed by atoms with Gasteiger partial charge >= 0.3 is 0 Å². The molecule has 0 unspecified atom stereocenters. The summed E-state index contributed by atoms with van der Waals surface area (Å²) in [6.45, 7) is 7.43. The largest absolute Gasteiger partial charge is 0.476 e. The molecule has 0 bridgehead atoms. The van der Waals surface area contributed by atoms with Crippen molar-refractivity contribution in [2.45, 2.75) is 27.3 Å². The first kappa shape index (κ1) is 15.2. The molecule has 2 aromatic rings. The Morgan fingerprint density at radius 3 is 2.76 bits per heavy atom. The van der Waals surface area contributed by atoms with Gasteiger partial charge in [-0.1, -0.05) is 13.8 Å². The first-order valence-corrected chi connectivity index (χ1v) is 7.08. The summed E-state index contributed by atoms with van der Waals surface area (Å²) in [7, 11) is 1.91. The van der Waals surface area contributed by atoms with E-state index in [0.717, 1.165) is 17.1 Å². The maximum atomic E-state index is 5.88. The fraction of sp³-hybridized carbons (Fsp3) is 0.467. The van der Waals surface area contributed by atoms with Crippen molar-refractivity contribution < 1.29 is 4.74 Å². The Bertz CT molecular complexity index is 606. The van der Waals surface area contributed by atoms with Gasteiger partial charge in [0.05, 0.1) is 18.0 Å². The van der Waals surface area contributed by atoms with Crippen LogP contribution in [-0.2, 0) is 13.6 Å². The van der Waals surface area contributed by atoms with E-state index in [2.05, 4.69) is 29.2 Å². The third-order valence-electron chi connectivity index (χ3n) is 3.02. The van der Waals surface area contributed by atoms with Crippen LogP contribution in [0.3, 0.4) is 0 Å². The maximum Gasteiger partial charge on any atom is 0.239 e. The Hall–Kier alpha value is -2.24. The average Bonchev–Trinajstić information content (AvgIpc) is 2.74. The number of ether oxygens (including phenoxy) is 1. The van der Waals surface area contributed by atoms with E-state index in [1.807, 2.05) is 26.2 Å².